The van der Waals surface area contributed by atoms with Crippen LogP contribution >= 0.6 is 15.6 Å². The number of aliphatic hydroxyl groups is 4. The number of aromatic nitrogens is 8. The van der Waals surface area contributed by atoms with Crippen molar-refractivity contribution < 1.29 is 142 Å². The van der Waals surface area contributed by atoms with Crippen molar-refractivity contribution in [3.8, 4) is 0 Å². The van der Waals surface area contributed by atoms with Gasteiger partial charge >= 0.3 is 26.9 Å². The molecular formula is C22H34N10O16P2Y2+2. The number of phosphoric acid groups is 2. The second-order valence-corrected chi connectivity index (χ2v) is 13.7. The summed E-state index contributed by atoms with van der Waals surface area (Å²) in [5, 5.41) is 40.5. The quantitative estimate of drug-likeness (QED) is 0.0577. The van der Waals surface area contributed by atoms with Crippen molar-refractivity contribution >= 4 is 49.9 Å². The van der Waals surface area contributed by atoms with Gasteiger partial charge in [0.15, 0.2) is 12.7 Å². The van der Waals surface area contributed by atoms with Gasteiger partial charge in [0, 0.05) is 65.4 Å². The van der Waals surface area contributed by atoms with Crippen molar-refractivity contribution in [2.45, 2.75) is 49.1 Å². The maximum absolute atomic E-state index is 12.0. The fraction of sp³-hybridized carbons (Fsp3) is 0.545. The molecule has 8 atom stereocenters. The fourth-order valence-corrected chi connectivity index (χ4v) is 6.13. The molecule has 2 radical (unpaired) electrons. The molecule has 2 unspecified atom stereocenters. The first-order chi connectivity index (χ1) is 23.2. The van der Waals surface area contributed by atoms with Gasteiger partial charge in [-0.15, -0.1) is 0 Å². The van der Waals surface area contributed by atoms with Crippen molar-refractivity contribution in [2.75, 3.05) is 24.7 Å². The Kier molecular flexibility index (Phi) is 14.8. The van der Waals surface area contributed by atoms with Crippen LogP contribution in [0.1, 0.15) is 12.5 Å². The van der Waals surface area contributed by atoms with Gasteiger partial charge in [-0.2, -0.15) is 0 Å². The maximum Gasteiger partial charge on any atom is 0.469 e. The summed E-state index contributed by atoms with van der Waals surface area (Å²) in [6.07, 6.45) is -7.76. The van der Waals surface area contributed by atoms with Crippen LogP contribution in [0.3, 0.4) is 0 Å². The first-order valence-corrected chi connectivity index (χ1v) is 17.2. The minimum atomic E-state index is -4.76. The SMILES string of the molecule is Cn1c[n+]([C@@H]2OC(COP(=O)(O)O)[C@@H](O)[C@H]2O)c2nc(N)[nH]c(=O)c21.Cn1c[n+]([C@@H]2OC(COP(=O)(O)O)[C@@H](O)[C@H]2O)c2nc(N)[nH]c(=O)c21.[Y].[Y]. The van der Waals surface area contributed by atoms with E-state index >= 15 is 0 Å². The number of phosphoric ester groups is 2. The number of nitrogens with one attached hydrogen (secondary N) is 2. The zero-order valence-corrected chi connectivity index (χ0v) is 34.4. The molecule has 0 amide bonds. The molecule has 0 aliphatic carbocycles. The van der Waals surface area contributed by atoms with Gasteiger partial charge in [-0.1, -0.05) is 9.97 Å². The van der Waals surface area contributed by atoms with Gasteiger partial charge in [0.1, 0.15) is 36.6 Å². The molecule has 282 valence electrons. The number of aliphatic hydroxyl groups excluding tert-OH is 4. The van der Waals surface area contributed by atoms with E-state index in [0.717, 1.165) is 0 Å². The topological polar surface area (TPSA) is 394 Å². The number of aromatic amines is 2. The monoisotopic (exact) mass is 934 g/mol. The van der Waals surface area contributed by atoms with Crippen LogP contribution in [0, 0.1) is 0 Å². The molecule has 4 aromatic heterocycles. The molecule has 30 heteroatoms. The molecule has 14 N–H and O–H groups in total. The van der Waals surface area contributed by atoms with Gasteiger partial charge in [-0.05, 0) is 0 Å². The molecule has 2 aliphatic heterocycles. The van der Waals surface area contributed by atoms with E-state index < -0.39 is 89.1 Å². The van der Waals surface area contributed by atoms with Gasteiger partial charge in [0.05, 0.1) is 27.3 Å². The number of nitrogens with two attached hydrogens (primary N) is 2. The number of nitrogen functional groups attached to an aromatic ring is 2. The van der Waals surface area contributed by atoms with Gasteiger partial charge in [0.25, 0.3) is 23.0 Å². The fourth-order valence-electron chi connectivity index (χ4n) is 5.44. The van der Waals surface area contributed by atoms with Crippen LogP contribution < -0.4 is 31.7 Å². The standard InChI is InChI=1S/2C11H16N5O8P.2Y/c2*1-15-3-16(8-5(15)9(19)14-11(12)13-8)10-7(18)6(17)4(24-10)2-23-25(20,21)22;;/h2*3-4,6-7,10,17-18H,2H2,1H3,(H4-,12,13,14,19,20,21,22);;/p+2/t2*4?,6-,7-,10-;;/m11../s1. The van der Waals surface area contributed by atoms with Gasteiger partial charge in [0.2, 0.25) is 23.5 Å². The average molecular weight is 934 g/mol. The molecule has 6 rings (SSSR count). The summed E-state index contributed by atoms with van der Waals surface area (Å²) in [4.78, 5) is 71.7. The predicted molar refractivity (Wildman–Crippen MR) is 160 cm³/mol. The Bertz CT molecular complexity index is 1970. The van der Waals surface area contributed by atoms with Gasteiger partial charge < -0.3 is 60.9 Å². The van der Waals surface area contributed by atoms with Crippen molar-refractivity contribution in [3.63, 3.8) is 0 Å². The second-order valence-electron chi connectivity index (χ2n) is 11.2. The van der Waals surface area contributed by atoms with E-state index in [9.17, 15) is 39.1 Å². The van der Waals surface area contributed by atoms with E-state index in [1.807, 2.05) is 0 Å². The summed E-state index contributed by atoms with van der Waals surface area (Å²) in [7, 11) is -6.39. The van der Waals surface area contributed by atoms with Crippen molar-refractivity contribution in [1.82, 2.24) is 29.1 Å². The number of fused-ring (bicyclic) bond motifs is 2. The van der Waals surface area contributed by atoms with Gasteiger partial charge in [-0.3, -0.25) is 37.7 Å². The number of H-pyrrole nitrogens is 2. The van der Waals surface area contributed by atoms with E-state index in [1.165, 1.54) is 30.9 Å². The zero-order chi connectivity index (χ0) is 37.0. The minimum absolute atomic E-state index is 0. The normalized spacial score (nSPS) is 26.2. The van der Waals surface area contributed by atoms with Crippen LogP contribution in [0.2, 0.25) is 0 Å². The van der Waals surface area contributed by atoms with E-state index in [2.05, 4.69) is 29.0 Å². The average Bonchev–Trinajstić information content (AvgIpc) is 3.68. The smallest absolute Gasteiger partial charge is 0.387 e. The number of nitrogens with zero attached hydrogens (tertiary/aromatic N) is 6. The molecule has 52 heavy (non-hydrogen) atoms. The Hall–Kier alpha value is -1.51. The Morgan fingerprint density at radius 3 is 1.37 bits per heavy atom. The largest absolute Gasteiger partial charge is 0.469 e. The molecule has 0 spiro atoms. The molecule has 2 aliphatic rings. The molecule has 0 aromatic carbocycles. The summed E-state index contributed by atoms with van der Waals surface area (Å²) < 4.78 is 46.6. The maximum atomic E-state index is 12.0. The van der Waals surface area contributed by atoms with Crippen molar-refractivity contribution in [2.24, 2.45) is 14.1 Å². The van der Waals surface area contributed by atoms with E-state index in [1.54, 1.807) is 14.1 Å². The summed E-state index contributed by atoms with van der Waals surface area (Å²) in [5.41, 5.74) is 10.6. The molecule has 0 bridgehead atoms. The molecule has 6 heterocycles. The van der Waals surface area contributed by atoms with Crippen LogP contribution in [-0.2, 0) is 107 Å². The third-order valence-electron chi connectivity index (χ3n) is 7.62. The van der Waals surface area contributed by atoms with Crippen LogP contribution in [0.4, 0.5) is 11.9 Å². The van der Waals surface area contributed by atoms with Crippen LogP contribution in [0.25, 0.3) is 22.3 Å². The number of ether oxygens (including phenoxy) is 2. The molecule has 0 saturated carbocycles. The van der Waals surface area contributed by atoms with Crippen LogP contribution in [0.15, 0.2) is 22.2 Å². The number of rotatable bonds is 8. The molecule has 26 nitrogen and oxygen atoms in total. The Balaban J connectivity index is 0.000000270. The number of anilines is 2. The summed E-state index contributed by atoms with van der Waals surface area (Å²) in [6.45, 7) is -1.28. The van der Waals surface area contributed by atoms with Crippen molar-refractivity contribution in [3.05, 3.63) is 33.4 Å². The predicted octanol–water partition coefficient (Wildman–Crippen LogP) is -6.29. The summed E-state index contributed by atoms with van der Waals surface area (Å²) in [6, 6.07) is 0. The van der Waals surface area contributed by atoms with E-state index in [0.29, 0.717) is 0 Å². The number of aryl methyl sites for hydroxylation is 2. The Morgan fingerprint density at radius 2 is 1.06 bits per heavy atom. The minimum Gasteiger partial charge on any atom is -0.387 e. The first-order valence-electron chi connectivity index (χ1n) is 14.1. The first kappa shape index (κ1) is 44.9. The number of imidazole rings is 2. The molecule has 2 fully saturated rings. The number of hydrogen-bond acceptors (Lipinski definition) is 16. The number of hydrogen-bond donors (Lipinski definition) is 12. The van der Waals surface area contributed by atoms with E-state index in [-0.39, 0.29) is 99.6 Å². The molecule has 4 aromatic rings. The zero-order valence-electron chi connectivity index (χ0n) is 26.9. The third kappa shape index (κ3) is 9.64. The summed E-state index contributed by atoms with van der Waals surface area (Å²) >= 11 is 0. The molecule has 2 saturated heterocycles. The second kappa shape index (κ2) is 17.1. The van der Waals surface area contributed by atoms with Crippen LogP contribution in [-0.4, -0.2) is 119 Å². The van der Waals surface area contributed by atoms with Crippen LogP contribution in [0.5, 0.6) is 0 Å². The van der Waals surface area contributed by atoms with Gasteiger partial charge in [-0.25, -0.2) is 18.3 Å². The third-order valence-corrected chi connectivity index (χ3v) is 8.59. The summed E-state index contributed by atoms with van der Waals surface area (Å²) in [5.74, 6) is -0.293. The molecular weight excluding hydrogens is 900 g/mol. The Morgan fingerprint density at radius 1 is 0.731 bits per heavy atom. The van der Waals surface area contributed by atoms with E-state index in [4.69, 9.17) is 40.5 Å². The Labute approximate surface area is 339 Å². The van der Waals surface area contributed by atoms with Crippen molar-refractivity contribution in [1.29, 1.82) is 0 Å².